The van der Waals surface area contributed by atoms with Crippen molar-refractivity contribution in [2.75, 3.05) is 33.7 Å². The van der Waals surface area contributed by atoms with Crippen LogP contribution in [0, 0.1) is 5.82 Å². The molecule has 7 nitrogen and oxygen atoms in total. The molecule has 176 valence electrons. The average molecular weight is 455 g/mol. The molecule has 1 saturated heterocycles. The summed E-state index contributed by atoms with van der Waals surface area (Å²) in [6.45, 7) is 5.04. The number of carbonyl (C=O) groups excluding carboxylic acids is 3. The third-order valence-corrected chi connectivity index (χ3v) is 5.96. The van der Waals surface area contributed by atoms with E-state index < -0.39 is 5.54 Å². The minimum absolute atomic E-state index is 0.0641. The molecule has 8 heteroatoms. The van der Waals surface area contributed by atoms with Gasteiger partial charge in [-0.25, -0.2) is 4.39 Å². The summed E-state index contributed by atoms with van der Waals surface area (Å²) < 4.78 is 13.1. The van der Waals surface area contributed by atoms with Gasteiger partial charge in [-0.2, -0.15) is 0 Å². The van der Waals surface area contributed by atoms with Gasteiger partial charge in [0.05, 0.1) is 12.5 Å². The molecule has 0 aromatic heterocycles. The Bertz CT molecular complexity index is 1020. The number of hydrogen-bond donors (Lipinski definition) is 2. The lowest BCUT2D eigenvalue weighted by molar-refractivity contribution is -0.142. The molecular weight excluding hydrogens is 423 g/mol. The van der Waals surface area contributed by atoms with E-state index in [-0.39, 0.29) is 36.0 Å². The highest BCUT2D eigenvalue weighted by Gasteiger charge is 2.37. The second kappa shape index (κ2) is 10.1. The van der Waals surface area contributed by atoms with Crippen molar-refractivity contribution < 1.29 is 18.8 Å². The Labute approximate surface area is 193 Å². The van der Waals surface area contributed by atoms with E-state index in [1.807, 2.05) is 25.2 Å². The molecule has 0 saturated carbocycles. The smallest absolute Gasteiger partial charge is 0.251 e. The number of nitrogens with one attached hydrogen (secondary N) is 2. The highest BCUT2D eigenvalue weighted by molar-refractivity contribution is 5.94. The predicted molar refractivity (Wildman–Crippen MR) is 124 cm³/mol. The monoisotopic (exact) mass is 454 g/mol. The first kappa shape index (κ1) is 24.4. The zero-order chi connectivity index (χ0) is 24.2. The quantitative estimate of drug-likeness (QED) is 0.701. The number of rotatable bonds is 6. The number of benzene rings is 2. The number of nitrogens with zero attached hydrogens (tertiary/aromatic N) is 2. The molecule has 3 amide bonds. The van der Waals surface area contributed by atoms with Crippen molar-refractivity contribution in [1.29, 1.82) is 0 Å². The molecule has 2 N–H and O–H groups in total. The van der Waals surface area contributed by atoms with Crippen LogP contribution in [0.2, 0.25) is 0 Å². The molecule has 33 heavy (non-hydrogen) atoms. The topological polar surface area (TPSA) is 81.8 Å². The number of carbonyl (C=O) groups is 3. The van der Waals surface area contributed by atoms with E-state index in [4.69, 9.17) is 0 Å². The first-order chi connectivity index (χ1) is 15.6. The third-order valence-electron chi connectivity index (χ3n) is 5.96. The molecule has 0 radical (unpaired) electrons. The van der Waals surface area contributed by atoms with Gasteiger partial charge in [-0.05, 0) is 56.3 Å². The molecular formula is C25H31FN4O3. The van der Waals surface area contributed by atoms with E-state index >= 15 is 0 Å². The molecule has 2 aromatic carbocycles. The summed E-state index contributed by atoms with van der Waals surface area (Å²) in [4.78, 5) is 41.8. The number of hydrogen-bond acceptors (Lipinski definition) is 4. The Morgan fingerprint density at radius 1 is 1.09 bits per heavy atom. The molecule has 2 aromatic rings. The van der Waals surface area contributed by atoms with Crippen LogP contribution in [0.3, 0.4) is 0 Å². The molecule has 1 fully saturated rings. The minimum Gasteiger partial charge on any atom is -0.355 e. The van der Waals surface area contributed by atoms with Crippen LogP contribution >= 0.6 is 0 Å². The number of likely N-dealkylation sites (N-methyl/N-ethyl adjacent to an activating group) is 1. The lowest BCUT2D eigenvalue weighted by Crippen LogP contribution is -2.60. The van der Waals surface area contributed by atoms with Crippen LogP contribution in [0.1, 0.15) is 41.4 Å². The van der Waals surface area contributed by atoms with Gasteiger partial charge in [0.25, 0.3) is 5.91 Å². The summed E-state index contributed by atoms with van der Waals surface area (Å²) in [5, 5.41) is 5.46. The third kappa shape index (κ3) is 5.96. The highest BCUT2D eigenvalue weighted by Crippen LogP contribution is 2.26. The maximum absolute atomic E-state index is 13.3. The summed E-state index contributed by atoms with van der Waals surface area (Å²) in [6.07, 6.45) is 0.0641. The molecule has 0 bridgehead atoms. The summed E-state index contributed by atoms with van der Waals surface area (Å²) in [5.41, 5.74) is 1.10. The molecule has 3 rings (SSSR count). The summed E-state index contributed by atoms with van der Waals surface area (Å²) in [5.74, 6) is -0.993. The van der Waals surface area contributed by atoms with E-state index in [1.54, 1.807) is 44.0 Å². The van der Waals surface area contributed by atoms with Crippen molar-refractivity contribution in [2.45, 2.75) is 31.8 Å². The van der Waals surface area contributed by atoms with Gasteiger partial charge in [0, 0.05) is 32.2 Å². The van der Waals surface area contributed by atoms with Crippen LogP contribution in [-0.2, 0) is 16.0 Å². The van der Waals surface area contributed by atoms with Crippen molar-refractivity contribution in [3.63, 3.8) is 0 Å². The lowest BCUT2D eigenvalue weighted by atomic mass is 9.97. The molecule has 1 heterocycles. The van der Waals surface area contributed by atoms with Gasteiger partial charge >= 0.3 is 0 Å². The van der Waals surface area contributed by atoms with E-state index in [1.165, 1.54) is 12.1 Å². The van der Waals surface area contributed by atoms with E-state index in [2.05, 4.69) is 15.5 Å². The number of piperazine rings is 1. The first-order valence-corrected chi connectivity index (χ1v) is 11.0. The van der Waals surface area contributed by atoms with Gasteiger partial charge in [0.15, 0.2) is 0 Å². The zero-order valence-corrected chi connectivity index (χ0v) is 19.5. The molecule has 1 aliphatic rings. The Morgan fingerprint density at radius 3 is 2.45 bits per heavy atom. The Kier molecular flexibility index (Phi) is 7.48. The first-order valence-electron chi connectivity index (χ1n) is 11.0. The number of amides is 3. The van der Waals surface area contributed by atoms with Gasteiger partial charge in [-0.1, -0.05) is 24.3 Å². The molecule has 0 aliphatic carbocycles. The van der Waals surface area contributed by atoms with Gasteiger partial charge in [-0.3, -0.25) is 19.3 Å². The summed E-state index contributed by atoms with van der Waals surface area (Å²) in [6, 6.07) is 13.1. The Hall–Kier alpha value is -3.26. The van der Waals surface area contributed by atoms with E-state index in [0.717, 1.165) is 5.56 Å². The number of halogens is 1. The maximum atomic E-state index is 13.3. The molecule has 1 aliphatic heterocycles. The second-order valence-corrected chi connectivity index (χ2v) is 8.93. The Morgan fingerprint density at radius 2 is 1.79 bits per heavy atom. The Balaban J connectivity index is 1.69. The SMILES string of the molecule is CNC(=O)c1cccc([C@H]2CN(C(=O)C(C)(C)NC(=O)Cc3ccc(F)cc3)CCN2C)c1. The highest BCUT2D eigenvalue weighted by atomic mass is 19.1. The fourth-order valence-electron chi connectivity index (χ4n) is 4.08. The minimum atomic E-state index is -1.10. The average Bonchev–Trinajstić information content (AvgIpc) is 2.79. The fraction of sp³-hybridized carbons (Fsp3) is 0.400. The molecule has 0 spiro atoms. The van der Waals surface area contributed by atoms with Crippen LogP contribution in [0.25, 0.3) is 0 Å². The molecule has 0 unspecified atom stereocenters. The van der Waals surface area contributed by atoms with Crippen molar-refractivity contribution in [3.05, 3.63) is 71.0 Å². The van der Waals surface area contributed by atoms with Crippen molar-refractivity contribution in [1.82, 2.24) is 20.4 Å². The second-order valence-electron chi connectivity index (χ2n) is 8.93. The predicted octanol–water partition coefficient (Wildman–Crippen LogP) is 2.14. The van der Waals surface area contributed by atoms with Gasteiger partial charge in [-0.15, -0.1) is 0 Å². The normalized spacial score (nSPS) is 16.9. The van der Waals surface area contributed by atoms with Crippen LogP contribution in [0.4, 0.5) is 4.39 Å². The standard InChI is InChI=1S/C25H31FN4O3/c1-25(2,28-22(31)14-17-8-10-20(26)11-9-17)24(33)30-13-12-29(4)21(16-30)18-6-5-7-19(15-18)23(32)27-3/h5-11,15,21H,12-14,16H2,1-4H3,(H,27,32)(H,28,31)/t21-/m1/s1. The van der Waals surface area contributed by atoms with Crippen LogP contribution in [0.5, 0.6) is 0 Å². The summed E-state index contributed by atoms with van der Waals surface area (Å²) >= 11 is 0. The largest absolute Gasteiger partial charge is 0.355 e. The van der Waals surface area contributed by atoms with Crippen molar-refractivity contribution in [3.8, 4) is 0 Å². The van der Waals surface area contributed by atoms with Crippen LogP contribution in [-0.4, -0.2) is 66.8 Å². The fourth-order valence-corrected chi connectivity index (χ4v) is 4.08. The van der Waals surface area contributed by atoms with Crippen molar-refractivity contribution >= 4 is 17.7 Å². The van der Waals surface area contributed by atoms with Gasteiger partial charge in [0.1, 0.15) is 11.4 Å². The van der Waals surface area contributed by atoms with E-state index in [9.17, 15) is 18.8 Å². The van der Waals surface area contributed by atoms with Crippen LogP contribution < -0.4 is 10.6 Å². The van der Waals surface area contributed by atoms with Crippen molar-refractivity contribution in [2.24, 2.45) is 0 Å². The zero-order valence-electron chi connectivity index (χ0n) is 19.5. The lowest BCUT2D eigenvalue weighted by Gasteiger charge is -2.42. The summed E-state index contributed by atoms with van der Waals surface area (Å²) in [7, 11) is 3.59. The maximum Gasteiger partial charge on any atom is 0.251 e. The van der Waals surface area contributed by atoms with Gasteiger partial charge < -0.3 is 15.5 Å². The van der Waals surface area contributed by atoms with E-state index in [0.29, 0.717) is 30.8 Å². The van der Waals surface area contributed by atoms with Gasteiger partial charge in [0.2, 0.25) is 11.8 Å². The van der Waals surface area contributed by atoms with Crippen LogP contribution in [0.15, 0.2) is 48.5 Å². The molecule has 1 atom stereocenters.